The maximum absolute atomic E-state index is 11.5. The molecule has 0 saturated heterocycles. The molecular weight excluding hydrogens is 240 g/mol. The highest BCUT2D eigenvalue weighted by Gasteiger charge is 2.20. The van der Waals surface area contributed by atoms with Gasteiger partial charge in [0, 0.05) is 17.9 Å². The van der Waals surface area contributed by atoms with Crippen LogP contribution in [0.3, 0.4) is 0 Å². The fraction of sp³-hybridized carbons (Fsp3) is 0.600. The van der Waals surface area contributed by atoms with Crippen LogP contribution in [-0.4, -0.2) is 24.1 Å². The first-order valence-electron chi connectivity index (χ1n) is 7.01. The Morgan fingerprint density at radius 3 is 2.95 bits per heavy atom. The molecule has 0 spiro atoms. The maximum atomic E-state index is 11.5. The van der Waals surface area contributed by atoms with Gasteiger partial charge in [-0.2, -0.15) is 0 Å². The molecule has 1 N–H and O–H groups in total. The van der Waals surface area contributed by atoms with Gasteiger partial charge in [0.05, 0.1) is 7.11 Å². The van der Waals surface area contributed by atoms with Crippen molar-refractivity contribution >= 4 is 11.7 Å². The molecule has 1 aromatic heterocycles. The van der Waals surface area contributed by atoms with Crippen molar-refractivity contribution in [3.05, 3.63) is 24.0 Å². The Morgan fingerprint density at radius 2 is 2.16 bits per heavy atom. The summed E-state index contributed by atoms with van der Waals surface area (Å²) in [5.41, 5.74) is 1.31. The summed E-state index contributed by atoms with van der Waals surface area (Å²) >= 11 is 0. The number of methoxy groups -OCH3 is 1. The van der Waals surface area contributed by atoms with Crippen LogP contribution >= 0.6 is 0 Å². The zero-order valence-electron chi connectivity index (χ0n) is 11.7. The zero-order valence-corrected chi connectivity index (χ0v) is 11.7. The number of ether oxygens (including phenoxy) is 1. The largest absolute Gasteiger partial charge is 0.464 e. The molecule has 4 nitrogen and oxygen atoms in total. The van der Waals surface area contributed by atoms with Gasteiger partial charge in [-0.1, -0.05) is 26.2 Å². The predicted molar refractivity (Wildman–Crippen MR) is 75.2 cm³/mol. The first-order chi connectivity index (χ1) is 9.20. The van der Waals surface area contributed by atoms with Crippen LogP contribution in [0.4, 0.5) is 5.69 Å². The highest BCUT2D eigenvalue weighted by atomic mass is 16.5. The number of rotatable bonds is 3. The fourth-order valence-corrected chi connectivity index (χ4v) is 2.66. The third kappa shape index (κ3) is 3.69. The number of anilines is 1. The molecule has 1 saturated carbocycles. The van der Waals surface area contributed by atoms with Gasteiger partial charge in [-0.15, -0.1) is 0 Å². The van der Waals surface area contributed by atoms with Crippen molar-refractivity contribution in [3.8, 4) is 0 Å². The van der Waals surface area contributed by atoms with E-state index < -0.39 is 5.97 Å². The molecule has 4 heteroatoms. The van der Waals surface area contributed by atoms with E-state index in [1.165, 1.54) is 39.2 Å². The number of aromatic nitrogens is 1. The molecule has 2 unspecified atom stereocenters. The van der Waals surface area contributed by atoms with E-state index in [2.05, 4.69) is 17.2 Å². The van der Waals surface area contributed by atoms with E-state index in [0.29, 0.717) is 17.7 Å². The number of nitrogens with zero attached hydrogens (tertiary/aromatic N) is 1. The summed E-state index contributed by atoms with van der Waals surface area (Å²) < 4.78 is 4.69. The van der Waals surface area contributed by atoms with E-state index in [-0.39, 0.29) is 0 Å². The molecule has 104 valence electrons. The van der Waals surface area contributed by atoms with Crippen LogP contribution in [0.1, 0.15) is 49.5 Å². The van der Waals surface area contributed by atoms with Crippen molar-refractivity contribution in [2.24, 2.45) is 5.92 Å². The third-order valence-electron chi connectivity index (χ3n) is 3.87. The van der Waals surface area contributed by atoms with Crippen LogP contribution < -0.4 is 5.32 Å². The number of esters is 1. The second kappa shape index (κ2) is 6.55. The minimum absolute atomic E-state index is 0.355. The van der Waals surface area contributed by atoms with Crippen molar-refractivity contribution in [1.82, 2.24) is 4.98 Å². The van der Waals surface area contributed by atoms with Crippen LogP contribution in [0.25, 0.3) is 0 Å². The monoisotopic (exact) mass is 262 g/mol. The summed E-state index contributed by atoms with van der Waals surface area (Å²) in [6.45, 7) is 2.30. The lowest BCUT2D eigenvalue weighted by Crippen LogP contribution is -2.26. The molecule has 0 radical (unpaired) electrons. The van der Waals surface area contributed by atoms with Gasteiger partial charge in [-0.3, -0.25) is 0 Å². The lowest BCUT2D eigenvalue weighted by Gasteiger charge is -2.24. The molecule has 2 rings (SSSR count). The van der Waals surface area contributed by atoms with Gasteiger partial charge in [0.25, 0.3) is 0 Å². The molecule has 0 bridgehead atoms. The van der Waals surface area contributed by atoms with Gasteiger partial charge in [0.15, 0.2) is 0 Å². The normalized spacial score (nSPS) is 23.5. The van der Waals surface area contributed by atoms with Crippen LogP contribution in [0.2, 0.25) is 0 Å². The Hall–Kier alpha value is -1.58. The van der Waals surface area contributed by atoms with Crippen molar-refractivity contribution in [2.45, 2.75) is 45.1 Å². The lowest BCUT2D eigenvalue weighted by molar-refractivity contribution is 0.0594. The van der Waals surface area contributed by atoms with Crippen LogP contribution in [0.15, 0.2) is 18.3 Å². The van der Waals surface area contributed by atoms with Crippen molar-refractivity contribution in [2.75, 3.05) is 12.4 Å². The van der Waals surface area contributed by atoms with Gasteiger partial charge in [-0.25, -0.2) is 9.78 Å². The van der Waals surface area contributed by atoms with Gasteiger partial charge in [-0.05, 0) is 30.9 Å². The Bertz CT molecular complexity index is 434. The van der Waals surface area contributed by atoms with Crippen LogP contribution in [0, 0.1) is 5.92 Å². The number of nitrogens with one attached hydrogen (secondary N) is 1. The molecule has 0 amide bonds. The summed E-state index contributed by atoms with van der Waals surface area (Å²) in [5.74, 6) is 0.273. The molecule has 1 heterocycles. The second-order valence-corrected chi connectivity index (χ2v) is 5.29. The maximum Gasteiger partial charge on any atom is 0.356 e. The number of carbonyl (C=O) groups excluding carboxylic acids is 1. The Morgan fingerprint density at radius 1 is 1.37 bits per heavy atom. The quantitative estimate of drug-likeness (QED) is 0.671. The standard InChI is InChI=1S/C15H22N2O2/c1-11-6-4-3-5-7-13(11)17-12-8-9-16-14(10-12)15(18)19-2/h8-11,13H,3-7H2,1-2H3,(H,16,17). The molecular formula is C15H22N2O2. The van der Waals surface area contributed by atoms with E-state index in [4.69, 9.17) is 4.74 Å². The summed E-state index contributed by atoms with van der Waals surface area (Å²) in [5, 5.41) is 3.54. The Labute approximate surface area is 114 Å². The third-order valence-corrected chi connectivity index (χ3v) is 3.87. The molecule has 1 aliphatic rings. The lowest BCUT2D eigenvalue weighted by atomic mass is 9.97. The van der Waals surface area contributed by atoms with E-state index in [1.807, 2.05) is 6.07 Å². The van der Waals surface area contributed by atoms with Crippen molar-refractivity contribution in [1.29, 1.82) is 0 Å². The fourth-order valence-electron chi connectivity index (χ4n) is 2.66. The number of hydrogen-bond acceptors (Lipinski definition) is 4. The number of carbonyl (C=O) groups is 1. The van der Waals surface area contributed by atoms with Crippen LogP contribution in [-0.2, 0) is 4.74 Å². The minimum atomic E-state index is -0.391. The molecule has 1 aliphatic carbocycles. The second-order valence-electron chi connectivity index (χ2n) is 5.29. The van der Waals surface area contributed by atoms with E-state index in [0.717, 1.165) is 5.69 Å². The molecule has 0 aromatic carbocycles. The van der Waals surface area contributed by atoms with E-state index in [1.54, 1.807) is 12.3 Å². The van der Waals surface area contributed by atoms with Gasteiger partial charge < -0.3 is 10.1 Å². The highest BCUT2D eigenvalue weighted by molar-refractivity contribution is 5.88. The predicted octanol–water partition coefficient (Wildman–Crippen LogP) is 3.25. The van der Waals surface area contributed by atoms with Crippen LogP contribution in [0.5, 0.6) is 0 Å². The number of hydrogen-bond donors (Lipinski definition) is 1. The molecule has 1 aromatic rings. The molecule has 0 aliphatic heterocycles. The first kappa shape index (κ1) is 13.8. The van der Waals surface area contributed by atoms with Gasteiger partial charge in [0.2, 0.25) is 0 Å². The van der Waals surface area contributed by atoms with Gasteiger partial charge in [0.1, 0.15) is 5.69 Å². The summed E-state index contributed by atoms with van der Waals surface area (Å²) in [4.78, 5) is 15.5. The minimum Gasteiger partial charge on any atom is -0.464 e. The molecule has 19 heavy (non-hydrogen) atoms. The van der Waals surface area contributed by atoms with Gasteiger partial charge >= 0.3 is 5.97 Å². The molecule has 1 fully saturated rings. The van der Waals surface area contributed by atoms with E-state index in [9.17, 15) is 4.79 Å². The highest BCUT2D eigenvalue weighted by Crippen LogP contribution is 2.26. The zero-order chi connectivity index (χ0) is 13.7. The summed E-state index contributed by atoms with van der Waals surface area (Å²) in [6.07, 6.45) is 8.03. The van der Waals surface area contributed by atoms with Crippen molar-refractivity contribution < 1.29 is 9.53 Å². The summed E-state index contributed by atoms with van der Waals surface area (Å²) in [6, 6.07) is 4.16. The van der Waals surface area contributed by atoms with E-state index >= 15 is 0 Å². The average Bonchev–Trinajstić information content (AvgIpc) is 2.64. The first-order valence-corrected chi connectivity index (χ1v) is 7.01. The topological polar surface area (TPSA) is 51.2 Å². The Balaban J connectivity index is 2.07. The molecule has 2 atom stereocenters. The SMILES string of the molecule is COC(=O)c1cc(NC2CCCCCC2C)ccn1. The van der Waals surface area contributed by atoms with Crippen molar-refractivity contribution in [3.63, 3.8) is 0 Å². The Kier molecular flexibility index (Phi) is 4.77. The average molecular weight is 262 g/mol. The smallest absolute Gasteiger partial charge is 0.356 e. The number of pyridine rings is 1. The summed E-state index contributed by atoms with van der Waals surface area (Å²) in [7, 11) is 1.37.